The van der Waals surface area contributed by atoms with E-state index in [-0.39, 0.29) is 0 Å². The molecule has 1 heterocycles. The third-order valence-corrected chi connectivity index (χ3v) is 3.89. The minimum Gasteiger partial charge on any atom is -0.396 e. The van der Waals surface area contributed by atoms with Crippen LogP contribution >= 0.6 is 11.6 Å². The largest absolute Gasteiger partial charge is 0.396 e. The smallest absolute Gasteiger partial charge is 0.0991 e. The van der Waals surface area contributed by atoms with Crippen molar-refractivity contribution < 1.29 is 0 Å². The van der Waals surface area contributed by atoms with Crippen molar-refractivity contribution in [2.24, 2.45) is 0 Å². The SMILES string of the molecule is C=Cc1ccc2c(Cl)c(N)c(-c3cccc(C#N)c3)nc2c1. The van der Waals surface area contributed by atoms with E-state index in [2.05, 4.69) is 17.6 Å². The first kappa shape index (κ1) is 14.1. The van der Waals surface area contributed by atoms with Crippen LogP contribution in [0.5, 0.6) is 0 Å². The highest BCUT2D eigenvalue weighted by Crippen LogP contribution is 2.36. The molecule has 3 aromatic rings. The van der Waals surface area contributed by atoms with Crippen molar-refractivity contribution in [1.82, 2.24) is 4.98 Å². The number of nitriles is 1. The van der Waals surface area contributed by atoms with Crippen LogP contribution in [0.1, 0.15) is 11.1 Å². The molecule has 0 saturated carbocycles. The van der Waals surface area contributed by atoms with E-state index in [0.717, 1.165) is 22.0 Å². The molecule has 1 aromatic heterocycles. The number of hydrogen-bond donors (Lipinski definition) is 1. The Hall–Kier alpha value is -2.83. The van der Waals surface area contributed by atoms with Crippen LogP contribution in [0, 0.1) is 11.3 Å². The maximum atomic E-state index is 9.03. The van der Waals surface area contributed by atoms with Crippen molar-refractivity contribution in [3.8, 4) is 17.3 Å². The number of rotatable bonds is 2. The molecule has 3 nitrogen and oxygen atoms in total. The highest BCUT2D eigenvalue weighted by Gasteiger charge is 2.13. The summed E-state index contributed by atoms with van der Waals surface area (Å²) in [7, 11) is 0. The topological polar surface area (TPSA) is 62.7 Å². The number of benzene rings is 2. The molecular weight excluding hydrogens is 294 g/mol. The molecule has 0 aliphatic carbocycles. The summed E-state index contributed by atoms with van der Waals surface area (Å²) in [6.45, 7) is 3.76. The molecule has 0 bridgehead atoms. The summed E-state index contributed by atoms with van der Waals surface area (Å²) >= 11 is 6.39. The van der Waals surface area contributed by atoms with Gasteiger partial charge in [0.1, 0.15) is 0 Å². The van der Waals surface area contributed by atoms with E-state index >= 15 is 0 Å². The first-order valence-corrected chi connectivity index (χ1v) is 7.03. The first-order chi connectivity index (χ1) is 10.6. The zero-order chi connectivity index (χ0) is 15.7. The van der Waals surface area contributed by atoms with Crippen LogP contribution in [-0.4, -0.2) is 4.98 Å². The fourth-order valence-corrected chi connectivity index (χ4v) is 2.59. The van der Waals surface area contributed by atoms with E-state index in [1.165, 1.54) is 0 Å². The maximum Gasteiger partial charge on any atom is 0.0991 e. The third kappa shape index (κ3) is 2.30. The molecule has 0 atom stereocenters. The molecule has 0 unspecified atom stereocenters. The van der Waals surface area contributed by atoms with Crippen LogP contribution in [-0.2, 0) is 0 Å². The number of hydrogen-bond acceptors (Lipinski definition) is 3. The Kier molecular flexibility index (Phi) is 3.54. The van der Waals surface area contributed by atoms with Crippen molar-refractivity contribution in [2.75, 3.05) is 5.73 Å². The van der Waals surface area contributed by atoms with Gasteiger partial charge in [-0.3, -0.25) is 0 Å². The zero-order valence-electron chi connectivity index (χ0n) is 11.7. The summed E-state index contributed by atoms with van der Waals surface area (Å²) in [4.78, 5) is 4.62. The lowest BCUT2D eigenvalue weighted by atomic mass is 10.0. The van der Waals surface area contributed by atoms with Gasteiger partial charge in [0.05, 0.1) is 33.6 Å². The van der Waals surface area contributed by atoms with Gasteiger partial charge in [0.2, 0.25) is 0 Å². The normalized spacial score (nSPS) is 10.4. The summed E-state index contributed by atoms with van der Waals surface area (Å²) in [5, 5.41) is 10.3. The fraction of sp³-hybridized carbons (Fsp3) is 0. The Morgan fingerprint density at radius 2 is 2.05 bits per heavy atom. The van der Waals surface area contributed by atoms with E-state index < -0.39 is 0 Å². The van der Waals surface area contributed by atoms with Gasteiger partial charge in [-0.05, 0) is 23.8 Å². The molecule has 3 rings (SSSR count). The van der Waals surface area contributed by atoms with Gasteiger partial charge in [-0.25, -0.2) is 4.98 Å². The molecule has 0 fully saturated rings. The Labute approximate surface area is 133 Å². The summed E-state index contributed by atoms with van der Waals surface area (Å²) < 4.78 is 0. The standard InChI is InChI=1S/C18H12ClN3/c1-2-11-6-7-14-15(9-11)22-18(17(21)16(14)19)13-5-3-4-12(8-13)10-20/h2-9H,1,21H2. The number of aromatic nitrogens is 1. The zero-order valence-corrected chi connectivity index (χ0v) is 12.4. The van der Waals surface area contributed by atoms with E-state index in [9.17, 15) is 0 Å². The summed E-state index contributed by atoms with van der Waals surface area (Å²) in [5.41, 5.74) is 10.2. The quantitative estimate of drug-likeness (QED) is 0.749. The van der Waals surface area contributed by atoms with Crippen molar-refractivity contribution in [1.29, 1.82) is 5.26 Å². The van der Waals surface area contributed by atoms with Crippen LogP contribution in [0.2, 0.25) is 5.02 Å². The van der Waals surface area contributed by atoms with Crippen LogP contribution in [0.4, 0.5) is 5.69 Å². The van der Waals surface area contributed by atoms with Crippen molar-refractivity contribution in [3.63, 3.8) is 0 Å². The Morgan fingerprint density at radius 1 is 1.23 bits per heavy atom. The predicted molar refractivity (Wildman–Crippen MR) is 91.4 cm³/mol. The van der Waals surface area contributed by atoms with E-state index in [1.54, 1.807) is 24.3 Å². The lowest BCUT2D eigenvalue weighted by Gasteiger charge is -2.11. The summed E-state index contributed by atoms with van der Waals surface area (Å²) in [5.74, 6) is 0. The van der Waals surface area contributed by atoms with Crippen molar-refractivity contribution >= 4 is 34.3 Å². The van der Waals surface area contributed by atoms with Gasteiger partial charge in [-0.15, -0.1) is 0 Å². The fourth-order valence-electron chi connectivity index (χ4n) is 2.34. The molecule has 0 aliphatic rings. The van der Waals surface area contributed by atoms with Gasteiger partial charge in [0, 0.05) is 10.9 Å². The second kappa shape index (κ2) is 5.51. The van der Waals surface area contributed by atoms with Gasteiger partial charge in [0.25, 0.3) is 0 Å². The predicted octanol–water partition coefficient (Wildman–Crippen LogP) is 4.65. The van der Waals surface area contributed by atoms with Crippen LogP contribution in [0.3, 0.4) is 0 Å². The first-order valence-electron chi connectivity index (χ1n) is 6.65. The number of halogens is 1. The summed E-state index contributed by atoms with van der Waals surface area (Å²) in [6, 6.07) is 15.0. The number of nitrogens with two attached hydrogens (primary N) is 1. The Bertz CT molecular complexity index is 939. The molecule has 22 heavy (non-hydrogen) atoms. The lowest BCUT2D eigenvalue weighted by molar-refractivity contribution is 1.39. The average molecular weight is 306 g/mol. The summed E-state index contributed by atoms with van der Waals surface area (Å²) in [6.07, 6.45) is 1.75. The van der Waals surface area contributed by atoms with Crippen molar-refractivity contribution in [2.45, 2.75) is 0 Å². The van der Waals surface area contributed by atoms with Crippen LogP contribution in [0.15, 0.2) is 49.0 Å². The minimum atomic E-state index is 0.413. The Morgan fingerprint density at radius 3 is 2.77 bits per heavy atom. The van der Waals surface area contributed by atoms with Crippen LogP contribution in [0.25, 0.3) is 28.2 Å². The molecule has 0 amide bonds. The molecule has 0 radical (unpaired) electrons. The average Bonchev–Trinajstić information content (AvgIpc) is 2.57. The van der Waals surface area contributed by atoms with Crippen LogP contribution < -0.4 is 5.73 Å². The lowest BCUT2D eigenvalue weighted by Crippen LogP contribution is -1.97. The molecule has 0 aliphatic heterocycles. The monoisotopic (exact) mass is 305 g/mol. The molecule has 0 spiro atoms. The number of anilines is 1. The second-order valence-corrected chi connectivity index (χ2v) is 5.24. The molecule has 2 N–H and O–H groups in total. The van der Waals surface area contributed by atoms with Gasteiger partial charge in [0.15, 0.2) is 0 Å². The van der Waals surface area contributed by atoms with Crippen molar-refractivity contribution in [3.05, 3.63) is 65.2 Å². The molecule has 4 heteroatoms. The number of nitrogens with zero attached hydrogens (tertiary/aromatic N) is 2. The molecular formula is C18H12ClN3. The highest BCUT2D eigenvalue weighted by atomic mass is 35.5. The highest BCUT2D eigenvalue weighted by molar-refractivity contribution is 6.38. The van der Waals surface area contributed by atoms with Gasteiger partial charge in [-0.1, -0.05) is 48.5 Å². The van der Waals surface area contributed by atoms with Gasteiger partial charge < -0.3 is 5.73 Å². The Balaban J connectivity index is 2.31. The van der Waals surface area contributed by atoms with Gasteiger partial charge in [-0.2, -0.15) is 5.26 Å². The molecule has 106 valence electrons. The van der Waals surface area contributed by atoms with E-state index in [4.69, 9.17) is 22.6 Å². The molecule has 2 aromatic carbocycles. The van der Waals surface area contributed by atoms with E-state index in [1.807, 2.05) is 24.3 Å². The second-order valence-electron chi connectivity index (χ2n) is 4.86. The minimum absolute atomic E-state index is 0.413. The third-order valence-electron chi connectivity index (χ3n) is 3.48. The number of pyridine rings is 1. The maximum absolute atomic E-state index is 9.03. The van der Waals surface area contributed by atoms with E-state index in [0.29, 0.717) is 22.0 Å². The van der Waals surface area contributed by atoms with Gasteiger partial charge >= 0.3 is 0 Å². The number of fused-ring (bicyclic) bond motifs is 1. The molecule has 0 saturated heterocycles. The number of nitrogen functional groups attached to an aromatic ring is 1.